The van der Waals surface area contributed by atoms with Gasteiger partial charge in [0.15, 0.2) is 0 Å². The maximum Gasteiger partial charge on any atom is 0.0237 e. The molecule has 0 spiro atoms. The highest BCUT2D eigenvalue weighted by atomic mass is 15.2. The smallest absolute Gasteiger partial charge is 0.0237 e. The van der Waals surface area contributed by atoms with Crippen molar-refractivity contribution in [1.29, 1.82) is 0 Å². The molecule has 2 heteroatoms. The molecular weight excluding hydrogens is 244 g/mol. The second-order valence-corrected chi connectivity index (χ2v) is 6.96. The monoisotopic (exact) mass is 274 g/mol. The zero-order chi connectivity index (χ0) is 14.5. The fourth-order valence-electron chi connectivity index (χ4n) is 3.12. The third kappa shape index (κ3) is 4.32. The van der Waals surface area contributed by atoms with Gasteiger partial charge >= 0.3 is 0 Å². The molecule has 1 aliphatic heterocycles. The van der Waals surface area contributed by atoms with Gasteiger partial charge in [0.05, 0.1) is 0 Å². The highest BCUT2D eigenvalue weighted by Crippen LogP contribution is 2.20. The summed E-state index contributed by atoms with van der Waals surface area (Å²) >= 11 is 0. The molecule has 1 N–H and O–H groups in total. The van der Waals surface area contributed by atoms with E-state index < -0.39 is 0 Å². The lowest BCUT2D eigenvalue weighted by Gasteiger charge is -2.42. The van der Waals surface area contributed by atoms with Crippen LogP contribution in [0.25, 0.3) is 0 Å². The average Bonchev–Trinajstić information content (AvgIpc) is 2.41. The van der Waals surface area contributed by atoms with Gasteiger partial charge in [0.1, 0.15) is 0 Å². The molecule has 0 bridgehead atoms. The van der Waals surface area contributed by atoms with E-state index in [1.165, 1.54) is 18.5 Å². The molecule has 112 valence electrons. The molecule has 0 aliphatic carbocycles. The van der Waals surface area contributed by atoms with Crippen molar-refractivity contribution < 1.29 is 0 Å². The van der Waals surface area contributed by atoms with E-state index in [0.717, 1.165) is 19.0 Å². The molecule has 1 saturated heterocycles. The number of nitrogens with zero attached hydrogens (tertiary/aromatic N) is 1. The minimum Gasteiger partial charge on any atom is -0.311 e. The first-order valence-electron chi connectivity index (χ1n) is 8.07. The Hall–Kier alpha value is -0.860. The van der Waals surface area contributed by atoms with Crippen LogP contribution in [0.5, 0.6) is 0 Å². The first kappa shape index (κ1) is 15.5. The number of rotatable bonds is 5. The van der Waals surface area contributed by atoms with Crippen molar-refractivity contribution in [3.05, 3.63) is 35.9 Å². The van der Waals surface area contributed by atoms with E-state index >= 15 is 0 Å². The summed E-state index contributed by atoms with van der Waals surface area (Å²) in [4.78, 5) is 2.69. The van der Waals surface area contributed by atoms with E-state index in [9.17, 15) is 0 Å². The van der Waals surface area contributed by atoms with Crippen LogP contribution in [-0.2, 0) is 6.54 Å². The van der Waals surface area contributed by atoms with Crippen LogP contribution in [0.15, 0.2) is 30.3 Å². The van der Waals surface area contributed by atoms with Crippen LogP contribution in [0.2, 0.25) is 0 Å². The first-order chi connectivity index (χ1) is 9.56. The van der Waals surface area contributed by atoms with Gasteiger partial charge in [-0.05, 0) is 23.8 Å². The van der Waals surface area contributed by atoms with Crippen molar-refractivity contribution >= 4 is 0 Å². The lowest BCUT2D eigenvalue weighted by Crippen LogP contribution is -2.57. The second kappa shape index (κ2) is 7.24. The zero-order valence-corrected chi connectivity index (χ0v) is 13.5. The highest BCUT2D eigenvalue weighted by molar-refractivity contribution is 5.15. The van der Waals surface area contributed by atoms with Crippen LogP contribution >= 0.6 is 0 Å². The molecule has 2 rings (SSSR count). The molecule has 0 unspecified atom stereocenters. The van der Waals surface area contributed by atoms with Gasteiger partial charge in [-0.15, -0.1) is 0 Å². The highest BCUT2D eigenvalue weighted by Gasteiger charge is 2.29. The number of benzene rings is 1. The summed E-state index contributed by atoms with van der Waals surface area (Å²) in [5, 5.41) is 3.75. The fourth-order valence-corrected chi connectivity index (χ4v) is 3.12. The Labute approximate surface area is 124 Å². The summed E-state index contributed by atoms with van der Waals surface area (Å²) in [6, 6.07) is 12.2. The minimum absolute atomic E-state index is 0.627. The van der Waals surface area contributed by atoms with Crippen LogP contribution < -0.4 is 5.32 Å². The summed E-state index contributed by atoms with van der Waals surface area (Å²) in [5.74, 6) is 1.46. The van der Waals surface area contributed by atoms with Gasteiger partial charge in [-0.1, -0.05) is 58.0 Å². The molecular formula is C18H30N2. The number of nitrogens with one attached hydrogen (secondary N) is 1. The third-order valence-electron chi connectivity index (χ3n) is 4.34. The quantitative estimate of drug-likeness (QED) is 0.883. The minimum atomic E-state index is 0.627. The maximum absolute atomic E-state index is 3.75. The van der Waals surface area contributed by atoms with Gasteiger partial charge in [0, 0.05) is 31.7 Å². The van der Waals surface area contributed by atoms with Crippen molar-refractivity contribution in [2.75, 3.05) is 13.1 Å². The Bertz CT molecular complexity index is 386. The Kier molecular flexibility index (Phi) is 5.62. The van der Waals surface area contributed by atoms with Gasteiger partial charge in [-0.3, -0.25) is 4.90 Å². The molecule has 1 aromatic carbocycles. The van der Waals surface area contributed by atoms with E-state index in [0.29, 0.717) is 18.0 Å². The maximum atomic E-state index is 3.75. The lowest BCUT2D eigenvalue weighted by molar-refractivity contribution is 0.0924. The SMILES string of the molecule is CC(C)C[C@@H]1CN[C@@H](C(C)C)CN1Cc1ccccc1. The van der Waals surface area contributed by atoms with Gasteiger partial charge in [-0.2, -0.15) is 0 Å². The molecule has 1 heterocycles. The van der Waals surface area contributed by atoms with Crippen LogP contribution in [0, 0.1) is 11.8 Å². The van der Waals surface area contributed by atoms with Crippen molar-refractivity contribution in [1.82, 2.24) is 10.2 Å². The normalized spacial score (nSPS) is 24.5. The van der Waals surface area contributed by atoms with E-state index in [2.05, 4.69) is 68.2 Å². The summed E-state index contributed by atoms with van der Waals surface area (Å²) in [6.07, 6.45) is 1.28. The van der Waals surface area contributed by atoms with Crippen molar-refractivity contribution in [3.63, 3.8) is 0 Å². The second-order valence-electron chi connectivity index (χ2n) is 6.96. The standard InChI is InChI=1S/C18H30N2/c1-14(2)10-17-11-19-18(15(3)4)13-20(17)12-16-8-6-5-7-9-16/h5-9,14-15,17-19H,10-13H2,1-4H3/t17-,18-/m1/s1. The zero-order valence-electron chi connectivity index (χ0n) is 13.5. The molecule has 1 aliphatic rings. The summed E-state index contributed by atoms with van der Waals surface area (Å²) in [7, 11) is 0. The number of hydrogen-bond acceptors (Lipinski definition) is 2. The van der Waals surface area contributed by atoms with Gasteiger partial charge in [0.25, 0.3) is 0 Å². The van der Waals surface area contributed by atoms with Crippen LogP contribution in [0.4, 0.5) is 0 Å². The summed E-state index contributed by atoms with van der Waals surface area (Å²) in [6.45, 7) is 12.7. The third-order valence-corrected chi connectivity index (χ3v) is 4.34. The first-order valence-corrected chi connectivity index (χ1v) is 8.07. The number of piperazine rings is 1. The van der Waals surface area contributed by atoms with E-state index in [4.69, 9.17) is 0 Å². The van der Waals surface area contributed by atoms with Crippen molar-refractivity contribution in [2.45, 2.75) is 52.7 Å². The molecule has 2 atom stereocenters. The predicted molar refractivity (Wildman–Crippen MR) is 86.7 cm³/mol. The van der Waals surface area contributed by atoms with Crippen molar-refractivity contribution in [3.8, 4) is 0 Å². The molecule has 1 fully saturated rings. The van der Waals surface area contributed by atoms with E-state index in [-0.39, 0.29) is 0 Å². The van der Waals surface area contributed by atoms with Gasteiger partial charge in [0.2, 0.25) is 0 Å². The fraction of sp³-hybridized carbons (Fsp3) is 0.667. The molecule has 2 nitrogen and oxygen atoms in total. The predicted octanol–water partition coefficient (Wildman–Crippen LogP) is 3.53. The molecule has 0 aromatic heterocycles. The molecule has 0 saturated carbocycles. The Morgan fingerprint density at radius 3 is 2.45 bits per heavy atom. The average molecular weight is 274 g/mol. The largest absolute Gasteiger partial charge is 0.311 e. The molecule has 1 aromatic rings. The van der Waals surface area contributed by atoms with Gasteiger partial charge in [-0.25, -0.2) is 0 Å². The molecule has 0 amide bonds. The van der Waals surface area contributed by atoms with E-state index in [1.807, 2.05) is 0 Å². The Balaban J connectivity index is 2.05. The molecule has 20 heavy (non-hydrogen) atoms. The summed E-state index contributed by atoms with van der Waals surface area (Å²) < 4.78 is 0. The van der Waals surface area contributed by atoms with Crippen LogP contribution in [0.1, 0.15) is 39.7 Å². The summed E-state index contributed by atoms with van der Waals surface area (Å²) in [5.41, 5.74) is 1.44. The van der Waals surface area contributed by atoms with Crippen LogP contribution in [0.3, 0.4) is 0 Å². The lowest BCUT2D eigenvalue weighted by atomic mass is 9.94. The molecule has 0 radical (unpaired) electrons. The van der Waals surface area contributed by atoms with Crippen LogP contribution in [-0.4, -0.2) is 30.1 Å². The van der Waals surface area contributed by atoms with Gasteiger partial charge < -0.3 is 5.32 Å². The Morgan fingerprint density at radius 1 is 1.15 bits per heavy atom. The number of hydrogen-bond donors (Lipinski definition) is 1. The Morgan fingerprint density at radius 2 is 1.85 bits per heavy atom. The topological polar surface area (TPSA) is 15.3 Å². The van der Waals surface area contributed by atoms with Crippen molar-refractivity contribution in [2.24, 2.45) is 11.8 Å². The van der Waals surface area contributed by atoms with E-state index in [1.54, 1.807) is 0 Å².